The van der Waals surface area contributed by atoms with Crippen molar-refractivity contribution >= 4 is 29.3 Å². The van der Waals surface area contributed by atoms with Crippen LogP contribution in [0.25, 0.3) is 0 Å². The first-order valence-corrected chi connectivity index (χ1v) is 9.51. The number of halogens is 3. The van der Waals surface area contributed by atoms with Gasteiger partial charge in [-0.1, -0.05) is 23.9 Å². The van der Waals surface area contributed by atoms with Crippen LogP contribution in [0.2, 0.25) is 0 Å². The molecule has 2 aromatic carbocycles. The molecule has 0 fully saturated rings. The number of aromatic nitrogens is 2. The second kappa shape index (κ2) is 7.79. The predicted molar refractivity (Wildman–Crippen MR) is 103 cm³/mol. The van der Waals surface area contributed by atoms with Gasteiger partial charge in [-0.3, -0.25) is 9.59 Å². The van der Waals surface area contributed by atoms with Crippen LogP contribution in [0.3, 0.4) is 0 Å². The predicted octanol–water partition coefficient (Wildman–Crippen LogP) is 4.14. The quantitative estimate of drug-likeness (QED) is 0.653. The van der Waals surface area contributed by atoms with Crippen LogP contribution in [0.15, 0.2) is 64.6 Å². The average Bonchev–Trinajstić information content (AvgIpc) is 2.87. The number of carbonyl (C=O) groups excluding carboxylic acids is 2. The molecular formula is C20H13F3N4O2S. The summed E-state index contributed by atoms with van der Waals surface area (Å²) >= 11 is 1.42. The lowest BCUT2D eigenvalue weighted by molar-refractivity contribution is -0.145. The normalized spacial score (nSPS) is 13.0. The van der Waals surface area contributed by atoms with Gasteiger partial charge in [0.1, 0.15) is 0 Å². The van der Waals surface area contributed by atoms with Crippen molar-refractivity contribution in [2.75, 3.05) is 5.32 Å². The number of carbonyl (C=O) groups is 2. The molecule has 0 bridgehead atoms. The van der Waals surface area contributed by atoms with E-state index in [4.69, 9.17) is 0 Å². The monoisotopic (exact) mass is 430 g/mol. The number of hydrogen-bond donors (Lipinski definition) is 2. The molecular weight excluding hydrogens is 417 g/mol. The van der Waals surface area contributed by atoms with Crippen molar-refractivity contribution in [3.63, 3.8) is 0 Å². The molecule has 0 atom stereocenters. The highest BCUT2D eigenvalue weighted by molar-refractivity contribution is 7.99. The molecule has 0 aliphatic carbocycles. The van der Waals surface area contributed by atoms with Crippen molar-refractivity contribution in [1.82, 2.24) is 15.3 Å². The lowest BCUT2D eigenvalue weighted by Gasteiger charge is -2.10. The van der Waals surface area contributed by atoms with Crippen LogP contribution < -0.4 is 10.6 Å². The Morgan fingerprint density at radius 1 is 1.07 bits per heavy atom. The van der Waals surface area contributed by atoms with E-state index in [1.165, 1.54) is 11.8 Å². The highest BCUT2D eigenvalue weighted by Gasteiger charge is 2.34. The molecule has 6 nitrogen and oxygen atoms in total. The molecule has 2 amide bonds. The smallest absolute Gasteiger partial charge is 0.348 e. The largest absolute Gasteiger partial charge is 0.451 e. The van der Waals surface area contributed by atoms with Crippen molar-refractivity contribution in [2.45, 2.75) is 22.5 Å². The standard InChI is InChI=1S/C20H13F3N4O2S/c21-20(22,23)19-25-9-11(10-26-19)8-24-17(28)12-5-6-16-14(7-12)27-18(29)13-3-1-2-4-15(13)30-16/h1-7,9-10H,8H2,(H,24,28)(H,27,29). The van der Waals surface area contributed by atoms with E-state index in [1.807, 2.05) is 12.1 Å². The molecule has 3 aromatic rings. The summed E-state index contributed by atoms with van der Waals surface area (Å²) in [7, 11) is 0. The molecule has 2 heterocycles. The summed E-state index contributed by atoms with van der Waals surface area (Å²) in [6, 6.07) is 12.1. The van der Waals surface area contributed by atoms with Gasteiger partial charge in [0.15, 0.2) is 0 Å². The van der Waals surface area contributed by atoms with E-state index in [9.17, 15) is 22.8 Å². The molecule has 0 unspecified atom stereocenters. The third-order valence-corrected chi connectivity index (χ3v) is 5.41. The Kier molecular flexibility index (Phi) is 5.17. The summed E-state index contributed by atoms with van der Waals surface area (Å²) in [6.45, 7) is -0.0411. The van der Waals surface area contributed by atoms with Gasteiger partial charge in [-0.15, -0.1) is 0 Å². The molecule has 0 radical (unpaired) electrons. The number of nitrogens with one attached hydrogen (secondary N) is 2. The maximum absolute atomic E-state index is 12.5. The van der Waals surface area contributed by atoms with Crippen LogP contribution in [-0.2, 0) is 12.7 Å². The number of anilines is 1. The highest BCUT2D eigenvalue weighted by Crippen LogP contribution is 2.39. The lowest BCUT2D eigenvalue weighted by atomic mass is 10.1. The van der Waals surface area contributed by atoms with Crippen LogP contribution in [0, 0.1) is 0 Å². The first-order valence-electron chi connectivity index (χ1n) is 8.70. The SMILES string of the molecule is O=C(NCc1cnc(C(F)(F)F)nc1)c1ccc2c(c1)NC(=O)c1ccccc1S2. The van der Waals surface area contributed by atoms with Crippen molar-refractivity contribution < 1.29 is 22.8 Å². The van der Waals surface area contributed by atoms with Gasteiger partial charge in [0.2, 0.25) is 5.82 Å². The summed E-state index contributed by atoms with van der Waals surface area (Å²) in [5, 5.41) is 5.41. The van der Waals surface area contributed by atoms with Gasteiger partial charge in [0, 0.05) is 39.9 Å². The number of hydrogen-bond acceptors (Lipinski definition) is 5. The van der Waals surface area contributed by atoms with Gasteiger partial charge < -0.3 is 10.6 Å². The average molecular weight is 430 g/mol. The number of amides is 2. The molecule has 1 aliphatic heterocycles. The second-order valence-electron chi connectivity index (χ2n) is 6.36. The topological polar surface area (TPSA) is 84.0 Å². The van der Waals surface area contributed by atoms with Gasteiger partial charge in [0.05, 0.1) is 11.3 Å². The summed E-state index contributed by atoms with van der Waals surface area (Å²) < 4.78 is 37.5. The maximum atomic E-state index is 12.5. The Morgan fingerprint density at radius 2 is 1.80 bits per heavy atom. The van der Waals surface area contributed by atoms with Crippen molar-refractivity contribution in [3.05, 3.63) is 77.4 Å². The lowest BCUT2D eigenvalue weighted by Crippen LogP contribution is -2.23. The number of nitrogens with zero attached hydrogens (tertiary/aromatic N) is 2. The van der Waals surface area contributed by atoms with E-state index in [0.29, 0.717) is 22.4 Å². The Morgan fingerprint density at radius 3 is 2.53 bits per heavy atom. The minimum Gasteiger partial charge on any atom is -0.348 e. The summed E-state index contributed by atoms with van der Waals surface area (Å²) in [4.78, 5) is 33.0. The van der Waals surface area contributed by atoms with E-state index in [0.717, 1.165) is 22.2 Å². The number of alkyl halides is 3. The third kappa shape index (κ3) is 4.13. The number of benzene rings is 2. The zero-order valence-electron chi connectivity index (χ0n) is 15.2. The Bertz CT molecular complexity index is 1130. The fourth-order valence-electron chi connectivity index (χ4n) is 2.79. The summed E-state index contributed by atoms with van der Waals surface area (Å²) in [5.41, 5.74) is 1.68. The molecule has 4 rings (SSSR count). The van der Waals surface area contributed by atoms with Crippen LogP contribution in [-0.4, -0.2) is 21.8 Å². The number of fused-ring (bicyclic) bond motifs is 2. The third-order valence-electron chi connectivity index (χ3n) is 4.25. The van der Waals surface area contributed by atoms with Crippen molar-refractivity contribution in [1.29, 1.82) is 0 Å². The zero-order chi connectivity index (χ0) is 21.3. The second-order valence-corrected chi connectivity index (χ2v) is 7.44. The fraction of sp³-hybridized carbons (Fsp3) is 0.100. The molecule has 1 aromatic heterocycles. The summed E-state index contributed by atoms with van der Waals surface area (Å²) in [6.07, 6.45) is -2.59. The first-order chi connectivity index (χ1) is 14.3. The minimum atomic E-state index is -4.62. The molecule has 10 heteroatoms. The number of rotatable bonds is 3. The Labute approximate surface area is 172 Å². The fourth-order valence-corrected chi connectivity index (χ4v) is 3.80. The Balaban J connectivity index is 1.47. The first kappa shape index (κ1) is 19.9. The molecule has 0 saturated heterocycles. The van der Waals surface area contributed by atoms with E-state index < -0.39 is 17.9 Å². The van der Waals surface area contributed by atoms with Crippen LogP contribution in [0.4, 0.5) is 18.9 Å². The highest BCUT2D eigenvalue weighted by atomic mass is 32.2. The van der Waals surface area contributed by atoms with Gasteiger partial charge in [-0.25, -0.2) is 9.97 Å². The van der Waals surface area contributed by atoms with Crippen LogP contribution in [0.5, 0.6) is 0 Å². The van der Waals surface area contributed by atoms with Crippen molar-refractivity contribution in [3.8, 4) is 0 Å². The van der Waals surface area contributed by atoms with Crippen LogP contribution >= 0.6 is 11.8 Å². The van der Waals surface area contributed by atoms with E-state index in [1.54, 1.807) is 30.3 Å². The Hall–Kier alpha value is -3.40. The van der Waals surface area contributed by atoms with Gasteiger partial charge >= 0.3 is 6.18 Å². The maximum Gasteiger partial charge on any atom is 0.451 e. The molecule has 2 N–H and O–H groups in total. The molecule has 1 aliphatic rings. The molecule has 152 valence electrons. The van der Waals surface area contributed by atoms with E-state index >= 15 is 0 Å². The molecule has 0 saturated carbocycles. The molecule has 0 spiro atoms. The van der Waals surface area contributed by atoms with Gasteiger partial charge in [0.25, 0.3) is 11.8 Å². The zero-order valence-corrected chi connectivity index (χ0v) is 16.0. The van der Waals surface area contributed by atoms with Crippen molar-refractivity contribution in [2.24, 2.45) is 0 Å². The van der Waals surface area contributed by atoms with Crippen LogP contribution in [0.1, 0.15) is 32.1 Å². The summed E-state index contributed by atoms with van der Waals surface area (Å²) in [5.74, 6) is -1.95. The molecule has 30 heavy (non-hydrogen) atoms. The van der Waals surface area contributed by atoms with Gasteiger partial charge in [-0.2, -0.15) is 13.2 Å². The van der Waals surface area contributed by atoms with Gasteiger partial charge in [-0.05, 0) is 30.3 Å². The van der Waals surface area contributed by atoms with E-state index in [2.05, 4.69) is 20.6 Å². The minimum absolute atomic E-state index is 0.0411. The van der Waals surface area contributed by atoms with E-state index in [-0.39, 0.29) is 12.5 Å².